The number of thiocarbonyl (C=S) groups is 1. The molecule has 0 aliphatic carbocycles. The Morgan fingerprint density at radius 3 is 2.61 bits per heavy atom. The lowest BCUT2D eigenvalue weighted by molar-refractivity contribution is -0.384. The van der Waals surface area contributed by atoms with Gasteiger partial charge >= 0.3 is 0 Å². The van der Waals surface area contributed by atoms with Crippen molar-refractivity contribution in [2.45, 2.75) is 0 Å². The number of benzene rings is 2. The second-order valence-corrected chi connectivity index (χ2v) is 8.45. The Bertz CT molecular complexity index is 1240. The van der Waals surface area contributed by atoms with Gasteiger partial charge in [0.1, 0.15) is 17.3 Å². The largest absolute Gasteiger partial charge is 0.497 e. The van der Waals surface area contributed by atoms with Crippen LogP contribution in [0.3, 0.4) is 0 Å². The lowest BCUT2D eigenvalue weighted by atomic mass is 10.1. The van der Waals surface area contributed by atoms with E-state index in [1.165, 1.54) is 18.1 Å². The monoisotopic (exact) mass is 472 g/mol. The normalized spacial score (nSPS) is 15.0. The van der Waals surface area contributed by atoms with Crippen molar-refractivity contribution in [2.24, 2.45) is 0 Å². The van der Waals surface area contributed by atoms with Gasteiger partial charge in [0.05, 0.1) is 34.3 Å². The van der Waals surface area contributed by atoms with E-state index in [2.05, 4.69) is 0 Å². The number of hydrogen-bond acceptors (Lipinski definition) is 7. The van der Waals surface area contributed by atoms with Crippen molar-refractivity contribution in [3.8, 4) is 17.1 Å². The maximum Gasteiger partial charge on any atom is 0.284 e. The molecule has 0 unspecified atom stereocenters. The van der Waals surface area contributed by atoms with E-state index >= 15 is 0 Å². The summed E-state index contributed by atoms with van der Waals surface area (Å²) in [4.78, 5) is 25.6. The first-order valence-electron chi connectivity index (χ1n) is 8.83. The number of anilines is 1. The predicted octanol–water partition coefficient (Wildman–Crippen LogP) is 5.92. The molecule has 0 atom stereocenters. The lowest BCUT2D eigenvalue weighted by Crippen LogP contribution is -2.27. The molecule has 3 aromatic rings. The number of ether oxygens (including phenoxy) is 1. The molecule has 0 N–H and O–H groups in total. The molecule has 10 heteroatoms. The van der Waals surface area contributed by atoms with Crippen LogP contribution in [0, 0.1) is 10.1 Å². The van der Waals surface area contributed by atoms with E-state index in [1.807, 2.05) is 0 Å². The summed E-state index contributed by atoms with van der Waals surface area (Å²) >= 11 is 12.4. The molecule has 0 radical (unpaired) electrons. The number of nitrogens with zero attached hydrogens (tertiary/aromatic N) is 2. The van der Waals surface area contributed by atoms with Gasteiger partial charge in [-0.2, -0.15) is 0 Å². The average molecular weight is 473 g/mol. The fourth-order valence-electron chi connectivity index (χ4n) is 2.98. The van der Waals surface area contributed by atoms with E-state index in [4.69, 9.17) is 33.0 Å². The quantitative estimate of drug-likeness (QED) is 0.197. The number of furan rings is 1. The fourth-order valence-corrected chi connectivity index (χ4v) is 4.39. The van der Waals surface area contributed by atoms with E-state index in [0.717, 1.165) is 11.8 Å². The zero-order chi connectivity index (χ0) is 22.1. The van der Waals surface area contributed by atoms with Crippen LogP contribution >= 0.6 is 35.6 Å². The number of nitro benzene ring substituents is 1. The van der Waals surface area contributed by atoms with Crippen LogP contribution in [0.5, 0.6) is 5.75 Å². The molecule has 0 saturated carbocycles. The highest BCUT2D eigenvalue weighted by atomic mass is 35.5. The van der Waals surface area contributed by atoms with Gasteiger partial charge in [-0.05, 0) is 48.5 Å². The van der Waals surface area contributed by atoms with E-state index in [-0.39, 0.29) is 11.6 Å². The van der Waals surface area contributed by atoms with Crippen LogP contribution in [0.15, 0.2) is 63.9 Å². The first-order valence-corrected chi connectivity index (χ1v) is 10.4. The number of hydrogen-bond donors (Lipinski definition) is 0. The van der Waals surface area contributed by atoms with Gasteiger partial charge in [-0.1, -0.05) is 35.6 Å². The summed E-state index contributed by atoms with van der Waals surface area (Å²) in [6.45, 7) is 0. The van der Waals surface area contributed by atoms with Crippen LogP contribution in [0.2, 0.25) is 5.02 Å². The van der Waals surface area contributed by atoms with E-state index in [0.29, 0.717) is 42.8 Å². The highest BCUT2D eigenvalue weighted by molar-refractivity contribution is 8.27. The third-order valence-electron chi connectivity index (χ3n) is 4.45. The van der Waals surface area contributed by atoms with Crippen molar-refractivity contribution < 1.29 is 18.9 Å². The minimum atomic E-state index is -0.503. The smallest absolute Gasteiger partial charge is 0.284 e. The third-order valence-corrected chi connectivity index (χ3v) is 6.00. The van der Waals surface area contributed by atoms with Gasteiger partial charge in [0.25, 0.3) is 11.6 Å². The Morgan fingerprint density at radius 2 is 1.94 bits per heavy atom. The van der Waals surface area contributed by atoms with Gasteiger partial charge in [-0.15, -0.1) is 0 Å². The van der Waals surface area contributed by atoms with Crippen molar-refractivity contribution in [1.82, 2.24) is 0 Å². The Hall–Kier alpha value is -3.14. The van der Waals surface area contributed by atoms with E-state index < -0.39 is 4.92 Å². The first-order chi connectivity index (χ1) is 14.9. The van der Waals surface area contributed by atoms with Crippen LogP contribution in [-0.4, -0.2) is 22.3 Å². The molecular formula is C21H13ClN2O5S2. The standard InChI is InChI=1S/C21H13ClN2O5S2/c1-28-14-6-8-16(17(10-14)24(26)27)18-9-7-15(29-18)11-19-20(25)23(21(30)31-19)13-4-2-12(22)3-5-13/h2-11H,1H3/b19-11-. The Labute approximate surface area is 191 Å². The van der Waals surface area contributed by atoms with Crippen molar-refractivity contribution in [3.05, 3.63) is 80.4 Å². The number of thioether (sulfide) groups is 1. The first kappa shape index (κ1) is 21.1. The topological polar surface area (TPSA) is 85.8 Å². The molecule has 1 aromatic heterocycles. The molecule has 1 amide bonds. The number of carbonyl (C=O) groups excluding carboxylic acids is 1. The molecule has 7 nitrogen and oxygen atoms in total. The van der Waals surface area contributed by atoms with Crippen LogP contribution in [-0.2, 0) is 4.79 Å². The number of rotatable bonds is 5. The second kappa shape index (κ2) is 8.54. The fraction of sp³-hybridized carbons (Fsp3) is 0.0476. The number of nitro groups is 1. The summed E-state index contributed by atoms with van der Waals surface area (Å²) < 4.78 is 11.2. The number of halogens is 1. The molecule has 1 fully saturated rings. The third kappa shape index (κ3) is 4.20. The van der Waals surface area contributed by atoms with Crippen molar-refractivity contribution in [1.29, 1.82) is 0 Å². The summed E-state index contributed by atoms with van der Waals surface area (Å²) in [5, 5.41) is 12.0. The van der Waals surface area contributed by atoms with Crippen LogP contribution in [0.1, 0.15) is 5.76 Å². The molecule has 156 valence electrons. The molecule has 2 aromatic carbocycles. The Morgan fingerprint density at radius 1 is 1.19 bits per heavy atom. The van der Waals surface area contributed by atoms with Gasteiger partial charge in [-0.3, -0.25) is 19.8 Å². The van der Waals surface area contributed by atoms with E-state index in [1.54, 1.807) is 54.6 Å². The zero-order valence-electron chi connectivity index (χ0n) is 15.9. The van der Waals surface area contributed by atoms with Crippen LogP contribution < -0.4 is 9.64 Å². The minimum Gasteiger partial charge on any atom is -0.497 e. The van der Waals surface area contributed by atoms with Gasteiger partial charge in [0.2, 0.25) is 0 Å². The van der Waals surface area contributed by atoms with Crippen molar-refractivity contribution in [3.63, 3.8) is 0 Å². The maximum absolute atomic E-state index is 12.9. The second-order valence-electron chi connectivity index (χ2n) is 6.34. The lowest BCUT2D eigenvalue weighted by Gasteiger charge is -2.14. The maximum atomic E-state index is 12.9. The molecule has 1 aliphatic rings. The van der Waals surface area contributed by atoms with Crippen molar-refractivity contribution in [2.75, 3.05) is 12.0 Å². The highest BCUT2D eigenvalue weighted by Gasteiger charge is 2.33. The summed E-state index contributed by atoms with van der Waals surface area (Å²) in [6.07, 6.45) is 1.56. The molecular weight excluding hydrogens is 460 g/mol. The van der Waals surface area contributed by atoms with Crippen LogP contribution in [0.25, 0.3) is 17.4 Å². The van der Waals surface area contributed by atoms with Gasteiger partial charge in [-0.25, -0.2) is 0 Å². The number of methoxy groups -OCH3 is 1. The average Bonchev–Trinajstić information content (AvgIpc) is 3.33. The predicted molar refractivity (Wildman–Crippen MR) is 124 cm³/mol. The van der Waals surface area contributed by atoms with Gasteiger partial charge < -0.3 is 9.15 Å². The Balaban J connectivity index is 1.63. The molecule has 0 spiro atoms. The molecule has 2 heterocycles. The SMILES string of the molecule is COc1ccc(-c2ccc(/C=C3\SC(=S)N(c4ccc(Cl)cc4)C3=O)o2)c([N+](=O)[O-])c1. The summed E-state index contributed by atoms with van der Waals surface area (Å²) in [5.41, 5.74) is 0.776. The molecule has 31 heavy (non-hydrogen) atoms. The summed E-state index contributed by atoms with van der Waals surface area (Å²) in [6, 6.07) is 14.5. The summed E-state index contributed by atoms with van der Waals surface area (Å²) in [7, 11) is 1.43. The number of amides is 1. The zero-order valence-corrected chi connectivity index (χ0v) is 18.3. The molecule has 4 rings (SSSR count). The van der Waals surface area contributed by atoms with Crippen LogP contribution in [0.4, 0.5) is 11.4 Å². The minimum absolute atomic E-state index is 0.144. The molecule has 1 saturated heterocycles. The highest BCUT2D eigenvalue weighted by Crippen LogP contribution is 2.38. The number of carbonyl (C=O) groups is 1. The molecule has 1 aliphatic heterocycles. The molecule has 0 bridgehead atoms. The Kier molecular flexibility index (Phi) is 5.81. The van der Waals surface area contributed by atoms with E-state index in [9.17, 15) is 14.9 Å². The van der Waals surface area contributed by atoms with Gasteiger partial charge in [0, 0.05) is 11.1 Å². The summed E-state index contributed by atoms with van der Waals surface area (Å²) in [5.74, 6) is 0.754. The van der Waals surface area contributed by atoms with Gasteiger partial charge in [0.15, 0.2) is 4.32 Å². The van der Waals surface area contributed by atoms with Crippen molar-refractivity contribution >= 4 is 63.3 Å².